The SMILES string of the molecule is CC1(CC2CCOc3ccccc32)CCCCCN1. The molecule has 0 spiro atoms. The van der Waals surface area contributed by atoms with Crippen molar-refractivity contribution in [3.8, 4) is 5.75 Å². The van der Waals surface area contributed by atoms with Gasteiger partial charge in [-0.1, -0.05) is 31.0 Å². The topological polar surface area (TPSA) is 21.3 Å². The third kappa shape index (κ3) is 2.94. The normalized spacial score (nSPS) is 31.1. The summed E-state index contributed by atoms with van der Waals surface area (Å²) >= 11 is 0. The van der Waals surface area contributed by atoms with Gasteiger partial charge in [0.1, 0.15) is 5.75 Å². The number of benzene rings is 1. The Morgan fingerprint density at radius 1 is 1.26 bits per heavy atom. The van der Waals surface area contributed by atoms with Crippen LogP contribution in [0.2, 0.25) is 0 Å². The first kappa shape index (κ1) is 13.0. The summed E-state index contributed by atoms with van der Waals surface area (Å²) in [6, 6.07) is 8.58. The Bertz CT molecular complexity index is 421. The fraction of sp³-hybridized carbons (Fsp3) is 0.647. The van der Waals surface area contributed by atoms with Crippen LogP contribution in [0.4, 0.5) is 0 Å². The van der Waals surface area contributed by atoms with Gasteiger partial charge < -0.3 is 10.1 Å². The van der Waals surface area contributed by atoms with E-state index in [4.69, 9.17) is 4.74 Å². The van der Waals surface area contributed by atoms with Gasteiger partial charge in [-0.3, -0.25) is 0 Å². The van der Waals surface area contributed by atoms with E-state index in [1.807, 2.05) is 0 Å². The molecule has 2 unspecified atom stereocenters. The zero-order chi connectivity index (χ0) is 13.1. The molecule has 1 saturated heterocycles. The van der Waals surface area contributed by atoms with Crippen LogP contribution in [0.25, 0.3) is 0 Å². The third-order valence-electron chi connectivity index (χ3n) is 4.74. The van der Waals surface area contributed by atoms with Crippen LogP contribution in [0.5, 0.6) is 5.75 Å². The zero-order valence-corrected chi connectivity index (χ0v) is 12.0. The van der Waals surface area contributed by atoms with E-state index in [0.717, 1.165) is 18.8 Å². The molecule has 1 aromatic carbocycles. The summed E-state index contributed by atoms with van der Waals surface area (Å²) in [4.78, 5) is 0. The predicted octanol–water partition coefficient (Wildman–Crippen LogP) is 3.87. The standard InChI is InChI=1S/C17H25NO/c1-17(10-5-2-6-11-18-17)13-14-9-12-19-16-8-4-3-7-15(14)16/h3-4,7-8,14,18H,2,5-6,9-13H2,1H3. The summed E-state index contributed by atoms with van der Waals surface area (Å²) < 4.78 is 5.78. The Morgan fingerprint density at radius 3 is 3.11 bits per heavy atom. The highest BCUT2D eigenvalue weighted by molar-refractivity contribution is 5.38. The van der Waals surface area contributed by atoms with E-state index >= 15 is 0 Å². The molecule has 2 aliphatic rings. The largest absolute Gasteiger partial charge is 0.493 e. The molecule has 0 radical (unpaired) electrons. The lowest BCUT2D eigenvalue weighted by Crippen LogP contribution is -2.43. The highest BCUT2D eigenvalue weighted by Crippen LogP contribution is 2.39. The highest BCUT2D eigenvalue weighted by Gasteiger charge is 2.31. The van der Waals surface area contributed by atoms with Crippen LogP contribution in [0.3, 0.4) is 0 Å². The van der Waals surface area contributed by atoms with E-state index in [0.29, 0.717) is 11.5 Å². The number of hydrogen-bond donors (Lipinski definition) is 1. The molecule has 19 heavy (non-hydrogen) atoms. The molecule has 2 heteroatoms. The summed E-state index contributed by atoms with van der Waals surface area (Å²) in [5.41, 5.74) is 1.73. The Balaban J connectivity index is 1.76. The van der Waals surface area contributed by atoms with Gasteiger partial charge in [0.25, 0.3) is 0 Å². The minimum absolute atomic E-state index is 0.311. The van der Waals surface area contributed by atoms with Crippen LogP contribution in [0.15, 0.2) is 24.3 Å². The molecule has 1 N–H and O–H groups in total. The number of ether oxygens (including phenoxy) is 1. The summed E-state index contributed by atoms with van der Waals surface area (Å²) in [6.07, 6.45) is 7.80. The van der Waals surface area contributed by atoms with Gasteiger partial charge in [-0.25, -0.2) is 0 Å². The van der Waals surface area contributed by atoms with Crippen molar-refractivity contribution >= 4 is 0 Å². The molecule has 1 aromatic rings. The molecule has 2 atom stereocenters. The smallest absolute Gasteiger partial charge is 0.122 e. The maximum Gasteiger partial charge on any atom is 0.122 e. The summed E-state index contributed by atoms with van der Waals surface area (Å²) in [5.74, 6) is 1.76. The van der Waals surface area contributed by atoms with Gasteiger partial charge in [0.05, 0.1) is 6.61 Å². The second kappa shape index (κ2) is 5.54. The van der Waals surface area contributed by atoms with Crippen LogP contribution in [-0.2, 0) is 0 Å². The van der Waals surface area contributed by atoms with Gasteiger partial charge in [0, 0.05) is 5.54 Å². The second-order valence-corrected chi connectivity index (χ2v) is 6.37. The van der Waals surface area contributed by atoms with E-state index < -0.39 is 0 Å². The Morgan fingerprint density at radius 2 is 2.16 bits per heavy atom. The third-order valence-corrected chi connectivity index (χ3v) is 4.74. The molecule has 1 fully saturated rings. The van der Waals surface area contributed by atoms with Crippen molar-refractivity contribution in [1.82, 2.24) is 5.32 Å². The molecule has 2 heterocycles. The molecule has 0 aromatic heterocycles. The van der Waals surface area contributed by atoms with Gasteiger partial charge in [0.2, 0.25) is 0 Å². The Kier molecular flexibility index (Phi) is 3.79. The molecule has 104 valence electrons. The average Bonchev–Trinajstić information content (AvgIpc) is 2.64. The molecule has 2 nitrogen and oxygen atoms in total. The van der Waals surface area contributed by atoms with Crippen molar-refractivity contribution < 1.29 is 4.74 Å². The fourth-order valence-corrected chi connectivity index (χ4v) is 3.64. The van der Waals surface area contributed by atoms with Crippen LogP contribution in [-0.4, -0.2) is 18.7 Å². The van der Waals surface area contributed by atoms with Crippen molar-refractivity contribution in [2.24, 2.45) is 0 Å². The number of rotatable bonds is 2. The minimum Gasteiger partial charge on any atom is -0.493 e. The monoisotopic (exact) mass is 259 g/mol. The molecule has 0 amide bonds. The van der Waals surface area contributed by atoms with Crippen molar-refractivity contribution in [3.05, 3.63) is 29.8 Å². The van der Waals surface area contributed by atoms with E-state index in [9.17, 15) is 0 Å². The van der Waals surface area contributed by atoms with Gasteiger partial charge >= 0.3 is 0 Å². The number of nitrogens with one attached hydrogen (secondary N) is 1. The number of fused-ring (bicyclic) bond motifs is 1. The molecule has 2 aliphatic heterocycles. The lowest BCUT2D eigenvalue weighted by Gasteiger charge is -2.36. The molecular formula is C17H25NO. The molecule has 0 saturated carbocycles. The van der Waals surface area contributed by atoms with E-state index in [2.05, 4.69) is 36.5 Å². The van der Waals surface area contributed by atoms with Crippen LogP contribution in [0, 0.1) is 0 Å². The Hall–Kier alpha value is -1.02. The molecule has 0 bridgehead atoms. The van der Waals surface area contributed by atoms with Gasteiger partial charge in [-0.2, -0.15) is 0 Å². The van der Waals surface area contributed by atoms with Gasteiger partial charge in [0.15, 0.2) is 0 Å². The summed E-state index contributed by atoms with van der Waals surface area (Å²) in [6.45, 7) is 4.47. The first-order chi connectivity index (χ1) is 9.27. The Labute approximate surface area is 116 Å². The minimum atomic E-state index is 0.311. The first-order valence-electron chi connectivity index (χ1n) is 7.74. The van der Waals surface area contributed by atoms with Crippen molar-refractivity contribution in [2.75, 3.05) is 13.2 Å². The number of para-hydroxylation sites is 1. The van der Waals surface area contributed by atoms with Crippen molar-refractivity contribution in [1.29, 1.82) is 0 Å². The van der Waals surface area contributed by atoms with Crippen LogP contribution < -0.4 is 10.1 Å². The predicted molar refractivity (Wildman–Crippen MR) is 78.8 cm³/mol. The van der Waals surface area contributed by atoms with Crippen molar-refractivity contribution in [2.45, 2.75) is 56.9 Å². The lowest BCUT2D eigenvalue weighted by atomic mass is 9.80. The fourth-order valence-electron chi connectivity index (χ4n) is 3.64. The van der Waals surface area contributed by atoms with E-state index in [-0.39, 0.29) is 0 Å². The maximum atomic E-state index is 5.78. The van der Waals surface area contributed by atoms with Gasteiger partial charge in [-0.05, 0) is 56.7 Å². The maximum absolute atomic E-state index is 5.78. The molecule has 0 aliphatic carbocycles. The zero-order valence-electron chi connectivity index (χ0n) is 12.0. The molecular weight excluding hydrogens is 234 g/mol. The quantitative estimate of drug-likeness (QED) is 0.870. The summed E-state index contributed by atoms with van der Waals surface area (Å²) in [7, 11) is 0. The highest BCUT2D eigenvalue weighted by atomic mass is 16.5. The first-order valence-corrected chi connectivity index (χ1v) is 7.74. The van der Waals surface area contributed by atoms with Crippen LogP contribution in [0.1, 0.15) is 56.9 Å². The lowest BCUT2D eigenvalue weighted by molar-refractivity contribution is 0.228. The second-order valence-electron chi connectivity index (χ2n) is 6.37. The summed E-state index contributed by atoms with van der Waals surface area (Å²) in [5, 5.41) is 3.80. The van der Waals surface area contributed by atoms with E-state index in [1.54, 1.807) is 0 Å². The average molecular weight is 259 g/mol. The van der Waals surface area contributed by atoms with E-state index in [1.165, 1.54) is 44.2 Å². The van der Waals surface area contributed by atoms with Crippen molar-refractivity contribution in [3.63, 3.8) is 0 Å². The van der Waals surface area contributed by atoms with Gasteiger partial charge in [-0.15, -0.1) is 0 Å². The van der Waals surface area contributed by atoms with Crippen LogP contribution >= 0.6 is 0 Å². The number of hydrogen-bond acceptors (Lipinski definition) is 2. The molecule has 3 rings (SSSR count).